The van der Waals surface area contributed by atoms with Gasteiger partial charge in [0.15, 0.2) is 0 Å². The van der Waals surface area contributed by atoms with Crippen LogP contribution >= 0.6 is 0 Å². The first kappa shape index (κ1) is 31.0. The second kappa shape index (κ2) is 20.3. The quantitative estimate of drug-likeness (QED) is 0.515. The molecule has 0 aliphatic heterocycles. The minimum atomic E-state index is 0.637. The molecule has 0 radical (unpaired) electrons. The fourth-order valence-electron chi connectivity index (χ4n) is 3.09. The molecule has 0 unspecified atom stereocenters. The molecule has 0 amide bonds. The van der Waals surface area contributed by atoms with Gasteiger partial charge >= 0.3 is 0 Å². The maximum Gasteiger partial charge on any atom is -0.0213 e. The number of hydrogen-bond donors (Lipinski definition) is 0. The van der Waals surface area contributed by atoms with Gasteiger partial charge in [0.2, 0.25) is 0 Å². The van der Waals surface area contributed by atoms with E-state index in [1.54, 1.807) is 16.7 Å². The molecule has 0 bridgehead atoms. The average molecular weight is 339 g/mol. The Bertz CT molecular complexity index is 384. The molecule has 0 N–H and O–H groups in total. The van der Waals surface area contributed by atoms with Gasteiger partial charge in [0.25, 0.3) is 0 Å². The van der Waals surface area contributed by atoms with Gasteiger partial charge in [0.1, 0.15) is 0 Å². The molecule has 0 aliphatic rings. The molecule has 24 heavy (non-hydrogen) atoms. The first-order valence-electron chi connectivity index (χ1n) is 10.6. The van der Waals surface area contributed by atoms with Crippen LogP contribution in [0.1, 0.15) is 122 Å². The van der Waals surface area contributed by atoms with Crippen molar-refractivity contribution in [3.63, 3.8) is 0 Å². The largest absolute Gasteiger partial charge is 0.0683 e. The third-order valence-electron chi connectivity index (χ3n) is 3.93. The zero-order chi connectivity index (χ0) is 20.5. The molecule has 1 aromatic rings. The first-order valence-corrected chi connectivity index (χ1v) is 10.6. The van der Waals surface area contributed by atoms with Crippen molar-refractivity contribution >= 4 is 0 Å². The van der Waals surface area contributed by atoms with Gasteiger partial charge in [-0.1, -0.05) is 83.1 Å². The lowest BCUT2D eigenvalue weighted by molar-refractivity contribution is 0.820. The summed E-state index contributed by atoms with van der Waals surface area (Å²) in [5.41, 5.74) is 9.33. The molecular formula is C24H50. The van der Waals surface area contributed by atoms with E-state index in [1.165, 1.54) is 16.7 Å². The van der Waals surface area contributed by atoms with Crippen LogP contribution in [0.3, 0.4) is 0 Å². The highest BCUT2D eigenvalue weighted by Crippen LogP contribution is 2.32. The molecule has 1 aromatic carbocycles. The van der Waals surface area contributed by atoms with E-state index < -0.39 is 0 Å². The van der Waals surface area contributed by atoms with Gasteiger partial charge in [-0.2, -0.15) is 0 Å². The van der Waals surface area contributed by atoms with Crippen LogP contribution in [0, 0.1) is 20.8 Å². The van der Waals surface area contributed by atoms with Gasteiger partial charge in [0.05, 0.1) is 0 Å². The van der Waals surface area contributed by atoms with Crippen molar-refractivity contribution in [2.45, 2.75) is 123 Å². The van der Waals surface area contributed by atoms with Crippen LogP contribution in [-0.4, -0.2) is 0 Å². The van der Waals surface area contributed by atoms with E-state index in [1.807, 2.05) is 55.4 Å². The van der Waals surface area contributed by atoms with Crippen LogP contribution < -0.4 is 0 Å². The lowest BCUT2D eigenvalue weighted by Gasteiger charge is -2.23. The third kappa shape index (κ3) is 8.90. The molecule has 0 aromatic heterocycles. The molecule has 146 valence electrons. The molecule has 0 nitrogen and oxygen atoms in total. The maximum atomic E-state index is 2.31. The minimum Gasteiger partial charge on any atom is -0.0683 e. The predicted molar refractivity (Wildman–Crippen MR) is 119 cm³/mol. The van der Waals surface area contributed by atoms with Crippen molar-refractivity contribution in [1.29, 1.82) is 0 Å². The summed E-state index contributed by atoms with van der Waals surface area (Å²) in [6.45, 7) is 32.1. The van der Waals surface area contributed by atoms with Gasteiger partial charge in [-0.15, -0.1) is 0 Å². The number of rotatable bonds is 3. The van der Waals surface area contributed by atoms with Gasteiger partial charge < -0.3 is 0 Å². The summed E-state index contributed by atoms with van der Waals surface area (Å²) < 4.78 is 0. The highest BCUT2D eigenvalue weighted by Gasteiger charge is 2.16. The normalized spacial score (nSPS) is 8.50. The summed E-state index contributed by atoms with van der Waals surface area (Å²) in [5.74, 6) is 0.637. The van der Waals surface area contributed by atoms with Crippen LogP contribution in [0.15, 0.2) is 0 Å². The van der Waals surface area contributed by atoms with Gasteiger partial charge in [-0.25, -0.2) is 0 Å². The van der Waals surface area contributed by atoms with Crippen molar-refractivity contribution < 1.29 is 0 Å². The van der Waals surface area contributed by atoms with Crippen LogP contribution in [-0.2, 0) is 12.8 Å². The topological polar surface area (TPSA) is 0 Å². The molecule has 0 heterocycles. The second-order valence-electron chi connectivity index (χ2n) is 5.11. The summed E-state index contributed by atoms with van der Waals surface area (Å²) in [6, 6.07) is 0. The van der Waals surface area contributed by atoms with Crippen molar-refractivity contribution in [2.24, 2.45) is 0 Å². The predicted octanol–water partition coefficient (Wildman–Crippen LogP) is 8.96. The summed E-state index contributed by atoms with van der Waals surface area (Å²) in [6.07, 6.45) is 2.32. The van der Waals surface area contributed by atoms with Gasteiger partial charge in [-0.3, -0.25) is 0 Å². The molecule has 0 spiro atoms. The SMILES string of the molecule is CC.CC.CC.CC.CCc1c(C)c(C)c(C(C)C)c(CC)c1C. The summed E-state index contributed by atoms with van der Waals surface area (Å²) in [4.78, 5) is 0. The fraction of sp³-hybridized carbons (Fsp3) is 0.750. The Morgan fingerprint density at radius 1 is 0.542 bits per heavy atom. The fourth-order valence-corrected chi connectivity index (χ4v) is 3.09. The summed E-state index contributed by atoms with van der Waals surface area (Å²) in [5, 5.41) is 0. The lowest BCUT2D eigenvalue weighted by Crippen LogP contribution is -2.08. The summed E-state index contributed by atoms with van der Waals surface area (Å²) >= 11 is 0. The minimum absolute atomic E-state index is 0.637. The van der Waals surface area contributed by atoms with Crippen molar-refractivity contribution in [1.82, 2.24) is 0 Å². The van der Waals surface area contributed by atoms with E-state index >= 15 is 0 Å². The maximum absolute atomic E-state index is 2.31. The Morgan fingerprint density at radius 2 is 0.875 bits per heavy atom. The Hall–Kier alpha value is -0.780. The number of hydrogen-bond acceptors (Lipinski definition) is 0. The van der Waals surface area contributed by atoms with E-state index in [-0.39, 0.29) is 0 Å². The van der Waals surface area contributed by atoms with Gasteiger partial charge in [-0.05, 0) is 72.9 Å². The van der Waals surface area contributed by atoms with Crippen molar-refractivity contribution in [3.05, 3.63) is 33.4 Å². The van der Waals surface area contributed by atoms with Crippen molar-refractivity contribution in [3.8, 4) is 0 Å². The second-order valence-corrected chi connectivity index (χ2v) is 5.11. The molecule has 0 heteroatoms. The molecule has 0 aliphatic carbocycles. The van der Waals surface area contributed by atoms with Crippen LogP contribution in [0.25, 0.3) is 0 Å². The molecule has 0 saturated heterocycles. The zero-order valence-corrected chi connectivity index (χ0v) is 20.0. The molecule has 0 saturated carbocycles. The van der Waals surface area contributed by atoms with E-state index in [9.17, 15) is 0 Å². The monoisotopic (exact) mass is 338 g/mol. The molecule has 0 fully saturated rings. The van der Waals surface area contributed by atoms with E-state index in [2.05, 4.69) is 48.5 Å². The highest BCUT2D eigenvalue weighted by atomic mass is 14.2. The van der Waals surface area contributed by atoms with Crippen molar-refractivity contribution in [2.75, 3.05) is 0 Å². The Balaban J connectivity index is -0.000000218. The Labute approximate surface area is 156 Å². The van der Waals surface area contributed by atoms with Gasteiger partial charge in [0, 0.05) is 0 Å². The Morgan fingerprint density at radius 3 is 1.12 bits per heavy atom. The third-order valence-corrected chi connectivity index (χ3v) is 3.93. The molecule has 0 atom stereocenters. The molecular weight excluding hydrogens is 288 g/mol. The smallest absolute Gasteiger partial charge is 0.0213 e. The zero-order valence-electron chi connectivity index (χ0n) is 20.0. The number of benzene rings is 1. The summed E-state index contributed by atoms with van der Waals surface area (Å²) in [7, 11) is 0. The highest BCUT2D eigenvalue weighted by molar-refractivity contribution is 5.51. The first-order chi connectivity index (χ1) is 11.5. The average Bonchev–Trinajstić information content (AvgIpc) is 2.64. The Kier molecular flexibility index (Phi) is 26.2. The molecule has 1 rings (SSSR count). The standard InChI is InChI=1S/C16H26.4C2H6/c1-8-14-11(5)12(6)16(10(3)4)15(9-2)13(14)7;4*1-2/h10H,8-9H2,1-7H3;4*1-2H3. The van der Waals surface area contributed by atoms with Crippen LogP contribution in [0.2, 0.25) is 0 Å². The van der Waals surface area contributed by atoms with E-state index in [0.717, 1.165) is 12.8 Å². The van der Waals surface area contributed by atoms with E-state index in [4.69, 9.17) is 0 Å². The lowest BCUT2D eigenvalue weighted by atomic mass is 9.82. The van der Waals surface area contributed by atoms with Crippen LogP contribution in [0.5, 0.6) is 0 Å². The van der Waals surface area contributed by atoms with E-state index in [0.29, 0.717) is 5.92 Å². The van der Waals surface area contributed by atoms with Crippen LogP contribution in [0.4, 0.5) is 0 Å².